The Kier molecular flexibility index (Phi) is 5.53. The van der Waals surface area contributed by atoms with Crippen LogP contribution in [0.3, 0.4) is 0 Å². The van der Waals surface area contributed by atoms with E-state index in [-0.39, 0.29) is 18.2 Å². The number of amides is 1. The fourth-order valence-corrected chi connectivity index (χ4v) is 3.74. The second-order valence-corrected chi connectivity index (χ2v) is 6.64. The first-order valence-electron chi connectivity index (χ1n) is 8.83. The second kappa shape index (κ2) is 8.01. The highest BCUT2D eigenvalue weighted by Gasteiger charge is 2.40. The van der Waals surface area contributed by atoms with Crippen molar-refractivity contribution >= 4 is 6.09 Å². The van der Waals surface area contributed by atoms with Crippen LogP contribution in [0.5, 0.6) is 0 Å². The van der Waals surface area contributed by atoms with Gasteiger partial charge >= 0.3 is 6.09 Å². The zero-order valence-corrected chi connectivity index (χ0v) is 14.0. The van der Waals surface area contributed by atoms with Gasteiger partial charge < -0.3 is 4.74 Å². The normalized spacial score (nSPS) is 22.0. The molecule has 1 aromatic carbocycles. The molecular weight excluding hydrogens is 300 g/mol. The van der Waals surface area contributed by atoms with Crippen LogP contribution >= 0.6 is 0 Å². The van der Waals surface area contributed by atoms with Crippen molar-refractivity contribution < 1.29 is 9.53 Å². The number of rotatable bonds is 6. The molecule has 2 aliphatic rings. The zero-order valence-electron chi connectivity index (χ0n) is 14.0. The monoisotopic (exact) mass is 324 g/mol. The molecule has 0 saturated carbocycles. The molecule has 2 aliphatic heterocycles. The predicted molar refractivity (Wildman–Crippen MR) is 92.1 cm³/mol. The van der Waals surface area contributed by atoms with Gasteiger partial charge in [-0.05, 0) is 44.1 Å². The first kappa shape index (κ1) is 16.6. The van der Waals surface area contributed by atoms with E-state index < -0.39 is 0 Å². The molecule has 1 saturated heterocycles. The molecule has 1 aromatic rings. The third-order valence-electron chi connectivity index (χ3n) is 4.92. The highest BCUT2D eigenvalue weighted by molar-refractivity contribution is 5.70. The summed E-state index contributed by atoms with van der Waals surface area (Å²) in [7, 11) is 0. The molecule has 0 aromatic heterocycles. The lowest BCUT2D eigenvalue weighted by Crippen LogP contribution is -2.43. The van der Waals surface area contributed by atoms with E-state index in [9.17, 15) is 4.79 Å². The van der Waals surface area contributed by atoms with Gasteiger partial charge in [-0.15, -0.1) is 0 Å². The second-order valence-electron chi connectivity index (χ2n) is 6.64. The van der Waals surface area contributed by atoms with Gasteiger partial charge in [0, 0.05) is 12.5 Å². The SMILES string of the molecule is N#CCCCCC1=CC2CCC(C1)N2C(=O)OCc1ccccc1. The minimum atomic E-state index is -0.189. The summed E-state index contributed by atoms with van der Waals surface area (Å²) in [6, 6.07) is 12.5. The Morgan fingerprint density at radius 3 is 2.83 bits per heavy atom. The molecule has 0 aliphatic carbocycles. The molecule has 1 amide bonds. The van der Waals surface area contributed by atoms with Crippen molar-refractivity contribution in [3.8, 4) is 6.07 Å². The van der Waals surface area contributed by atoms with E-state index in [1.54, 1.807) is 0 Å². The molecule has 2 bridgehead atoms. The average Bonchev–Trinajstić information content (AvgIpc) is 2.88. The Hall–Kier alpha value is -2.28. The maximum absolute atomic E-state index is 12.5. The molecule has 2 heterocycles. The first-order chi connectivity index (χ1) is 11.8. The molecule has 1 fully saturated rings. The Labute approximate surface area is 143 Å². The van der Waals surface area contributed by atoms with E-state index in [4.69, 9.17) is 10.00 Å². The summed E-state index contributed by atoms with van der Waals surface area (Å²) in [5.74, 6) is 0. The van der Waals surface area contributed by atoms with Gasteiger partial charge in [0.1, 0.15) is 6.61 Å². The molecule has 0 N–H and O–H groups in total. The highest BCUT2D eigenvalue weighted by atomic mass is 16.6. The van der Waals surface area contributed by atoms with Gasteiger partial charge in [-0.1, -0.05) is 42.0 Å². The lowest BCUT2D eigenvalue weighted by atomic mass is 9.96. The summed E-state index contributed by atoms with van der Waals surface area (Å²) < 4.78 is 5.52. The predicted octanol–water partition coefficient (Wildman–Crippen LogP) is 4.57. The molecule has 0 spiro atoms. The number of ether oxygens (including phenoxy) is 1. The minimum absolute atomic E-state index is 0.189. The smallest absolute Gasteiger partial charge is 0.410 e. The molecule has 2 unspecified atom stereocenters. The van der Waals surface area contributed by atoms with Crippen molar-refractivity contribution in [1.29, 1.82) is 5.26 Å². The van der Waals surface area contributed by atoms with Crippen LogP contribution in [0.15, 0.2) is 42.0 Å². The topological polar surface area (TPSA) is 53.3 Å². The largest absolute Gasteiger partial charge is 0.445 e. The van der Waals surface area contributed by atoms with Crippen LogP contribution in [0, 0.1) is 11.3 Å². The van der Waals surface area contributed by atoms with Crippen molar-refractivity contribution in [1.82, 2.24) is 4.90 Å². The van der Waals surface area contributed by atoms with Crippen LogP contribution in [0.4, 0.5) is 4.79 Å². The van der Waals surface area contributed by atoms with Crippen LogP contribution < -0.4 is 0 Å². The first-order valence-corrected chi connectivity index (χ1v) is 8.83. The van der Waals surface area contributed by atoms with E-state index in [1.165, 1.54) is 5.57 Å². The summed E-state index contributed by atoms with van der Waals surface area (Å²) in [4.78, 5) is 14.4. The number of carbonyl (C=O) groups is 1. The highest BCUT2D eigenvalue weighted by Crippen LogP contribution is 2.36. The zero-order chi connectivity index (χ0) is 16.8. The standard InChI is InChI=1S/C20H24N2O2/c21-12-6-2-5-9-17-13-18-10-11-19(14-17)22(18)20(23)24-15-16-7-3-1-4-8-16/h1,3-4,7-8,13,18-19H,2,5-6,9-11,14-15H2. The average molecular weight is 324 g/mol. The van der Waals surface area contributed by atoms with Crippen molar-refractivity contribution in [2.75, 3.05) is 0 Å². The molecule has 24 heavy (non-hydrogen) atoms. The quantitative estimate of drug-likeness (QED) is 0.569. The molecule has 126 valence electrons. The van der Waals surface area contributed by atoms with Crippen LogP contribution in [-0.4, -0.2) is 23.1 Å². The van der Waals surface area contributed by atoms with Crippen molar-refractivity contribution in [3.63, 3.8) is 0 Å². The van der Waals surface area contributed by atoms with E-state index >= 15 is 0 Å². The number of nitriles is 1. The summed E-state index contributed by atoms with van der Waals surface area (Å²) in [6.07, 6.45) is 8.86. The van der Waals surface area contributed by atoms with Gasteiger partial charge in [0.15, 0.2) is 0 Å². The van der Waals surface area contributed by atoms with E-state index in [2.05, 4.69) is 12.1 Å². The van der Waals surface area contributed by atoms with Crippen molar-refractivity contribution in [2.45, 2.75) is 63.6 Å². The van der Waals surface area contributed by atoms with Crippen LogP contribution in [0.1, 0.15) is 50.5 Å². The lowest BCUT2D eigenvalue weighted by Gasteiger charge is -2.33. The van der Waals surface area contributed by atoms with Gasteiger partial charge in [0.2, 0.25) is 0 Å². The van der Waals surface area contributed by atoms with Crippen molar-refractivity contribution in [3.05, 3.63) is 47.5 Å². The number of hydrogen-bond acceptors (Lipinski definition) is 3. The van der Waals surface area contributed by atoms with Gasteiger partial charge in [0.05, 0.1) is 12.1 Å². The van der Waals surface area contributed by atoms with Gasteiger partial charge in [-0.3, -0.25) is 4.90 Å². The molecule has 4 nitrogen and oxygen atoms in total. The van der Waals surface area contributed by atoms with E-state index in [1.807, 2.05) is 35.2 Å². The summed E-state index contributed by atoms with van der Waals surface area (Å²) in [5, 5.41) is 8.60. The molecule has 3 rings (SSSR count). The maximum atomic E-state index is 12.5. The number of unbranched alkanes of at least 4 members (excludes halogenated alkanes) is 2. The van der Waals surface area contributed by atoms with E-state index in [0.29, 0.717) is 13.0 Å². The molecular formula is C20H24N2O2. The number of nitrogens with zero attached hydrogens (tertiary/aromatic N) is 2. The fraction of sp³-hybridized carbons (Fsp3) is 0.500. The van der Waals surface area contributed by atoms with Crippen molar-refractivity contribution in [2.24, 2.45) is 0 Å². The minimum Gasteiger partial charge on any atom is -0.445 e. The van der Waals surface area contributed by atoms with E-state index in [0.717, 1.165) is 44.1 Å². The van der Waals surface area contributed by atoms with Crippen LogP contribution in [0.2, 0.25) is 0 Å². The molecule has 4 heteroatoms. The number of fused-ring (bicyclic) bond motifs is 2. The Bertz CT molecular complexity index is 633. The van der Waals surface area contributed by atoms with Gasteiger partial charge in [-0.2, -0.15) is 5.26 Å². The summed E-state index contributed by atoms with van der Waals surface area (Å²) >= 11 is 0. The molecule has 2 atom stereocenters. The maximum Gasteiger partial charge on any atom is 0.410 e. The number of carbonyl (C=O) groups excluding carboxylic acids is 1. The molecule has 0 radical (unpaired) electrons. The third-order valence-corrected chi connectivity index (χ3v) is 4.92. The Balaban J connectivity index is 1.53. The fourth-order valence-electron chi connectivity index (χ4n) is 3.74. The lowest BCUT2D eigenvalue weighted by molar-refractivity contribution is 0.0814. The Morgan fingerprint density at radius 1 is 1.25 bits per heavy atom. The van der Waals surface area contributed by atoms with Gasteiger partial charge in [0.25, 0.3) is 0 Å². The third kappa shape index (κ3) is 3.97. The van der Waals surface area contributed by atoms with Crippen LogP contribution in [-0.2, 0) is 11.3 Å². The summed E-state index contributed by atoms with van der Waals surface area (Å²) in [6.45, 7) is 0.334. The Morgan fingerprint density at radius 2 is 2.08 bits per heavy atom. The summed E-state index contributed by atoms with van der Waals surface area (Å²) in [5.41, 5.74) is 2.47. The number of hydrogen-bond donors (Lipinski definition) is 0. The van der Waals surface area contributed by atoms with Gasteiger partial charge in [-0.25, -0.2) is 4.79 Å². The number of benzene rings is 1. The van der Waals surface area contributed by atoms with Crippen LogP contribution in [0.25, 0.3) is 0 Å².